The number of benzene rings is 5. The van der Waals surface area contributed by atoms with E-state index in [1.807, 2.05) is 17.0 Å². The molecule has 37 heavy (non-hydrogen) atoms. The number of nitrogens with zero attached hydrogens (tertiary/aromatic N) is 1. The van der Waals surface area contributed by atoms with E-state index in [9.17, 15) is 4.79 Å². The van der Waals surface area contributed by atoms with Gasteiger partial charge in [0.25, 0.3) is 5.91 Å². The number of amides is 1. The number of rotatable bonds is 5. The van der Waals surface area contributed by atoms with Crippen LogP contribution in [0.3, 0.4) is 0 Å². The number of carbonyl (C=O) groups is 1. The quantitative estimate of drug-likeness (QED) is 0.274. The lowest BCUT2D eigenvalue weighted by Crippen LogP contribution is -2.31. The highest BCUT2D eigenvalue weighted by Gasteiger charge is 2.37. The van der Waals surface area contributed by atoms with E-state index in [1.54, 1.807) is 0 Å². The standard InChI is InChI=1S/C34H30N2O/c1-22-17-19-25(20-18-22)27-14-7-11-26-12-8-15-30(32(26)27)35-33-28-13-4-5-16-31(28)36(34(33)37)21-29-23(2)9-6-10-24(29)3/h4-20,33,35H,21H2,1-3H3. The molecule has 0 saturated carbocycles. The van der Waals surface area contributed by atoms with Gasteiger partial charge >= 0.3 is 0 Å². The van der Waals surface area contributed by atoms with E-state index in [1.165, 1.54) is 27.8 Å². The number of nitrogens with one attached hydrogen (secondary N) is 1. The van der Waals surface area contributed by atoms with E-state index < -0.39 is 6.04 Å². The number of hydrogen-bond acceptors (Lipinski definition) is 2. The Morgan fingerprint density at radius 2 is 1.41 bits per heavy atom. The maximum absolute atomic E-state index is 14.0. The highest BCUT2D eigenvalue weighted by molar-refractivity contribution is 6.09. The van der Waals surface area contributed by atoms with Gasteiger partial charge in [0.2, 0.25) is 0 Å². The van der Waals surface area contributed by atoms with Crippen LogP contribution in [0.25, 0.3) is 21.9 Å². The van der Waals surface area contributed by atoms with Crippen LogP contribution in [0.4, 0.5) is 11.4 Å². The summed E-state index contributed by atoms with van der Waals surface area (Å²) < 4.78 is 0. The van der Waals surface area contributed by atoms with Crippen molar-refractivity contribution in [3.05, 3.63) is 131 Å². The third-order valence-electron chi connectivity index (χ3n) is 7.58. The van der Waals surface area contributed by atoms with Crippen molar-refractivity contribution >= 4 is 28.1 Å². The molecule has 1 aliphatic heterocycles. The molecular weight excluding hydrogens is 452 g/mol. The van der Waals surface area contributed by atoms with Gasteiger partial charge in [-0.25, -0.2) is 0 Å². The Labute approximate surface area is 218 Å². The Morgan fingerprint density at radius 3 is 2.16 bits per heavy atom. The maximum atomic E-state index is 14.0. The molecule has 0 aromatic heterocycles. The van der Waals surface area contributed by atoms with Gasteiger partial charge in [-0.05, 0) is 66.1 Å². The Bertz CT molecular complexity index is 1610. The molecule has 3 heteroatoms. The van der Waals surface area contributed by atoms with Crippen LogP contribution in [-0.2, 0) is 11.3 Å². The van der Waals surface area contributed by atoms with Crippen LogP contribution in [0.15, 0.2) is 103 Å². The minimum absolute atomic E-state index is 0.0775. The first-order chi connectivity index (χ1) is 18.0. The van der Waals surface area contributed by atoms with Crippen LogP contribution in [-0.4, -0.2) is 5.91 Å². The summed E-state index contributed by atoms with van der Waals surface area (Å²) >= 11 is 0. The smallest absolute Gasteiger partial charge is 0.254 e. The fraction of sp³-hybridized carbons (Fsp3) is 0.147. The third kappa shape index (κ3) is 4.07. The van der Waals surface area contributed by atoms with Crippen LogP contribution in [0, 0.1) is 20.8 Å². The lowest BCUT2D eigenvalue weighted by Gasteiger charge is -2.22. The molecule has 0 aliphatic carbocycles. The second-order valence-electron chi connectivity index (χ2n) is 10.0. The Morgan fingerprint density at radius 1 is 0.730 bits per heavy atom. The summed E-state index contributed by atoms with van der Waals surface area (Å²) in [6.45, 7) is 6.91. The predicted octanol–water partition coefficient (Wildman–Crippen LogP) is 8.13. The van der Waals surface area contributed by atoms with Crippen LogP contribution in [0.5, 0.6) is 0 Å². The van der Waals surface area contributed by atoms with Gasteiger partial charge in [-0.2, -0.15) is 0 Å². The molecule has 3 nitrogen and oxygen atoms in total. The van der Waals surface area contributed by atoms with Gasteiger partial charge in [0.1, 0.15) is 6.04 Å². The summed E-state index contributed by atoms with van der Waals surface area (Å²) in [6.07, 6.45) is 0. The van der Waals surface area contributed by atoms with E-state index in [2.05, 4.69) is 117 Å². The monoisotopic (exact) mass is 482 g/mol. The van der Waals surface area contributed by atoms with E-state index in [-0.39, 0.29) is 5.91 Å². The molecule has 1 heterocycles. The Hall–Kier alpha value is -4.37. The molecule has 5 aromatic rings. The van der Waals surface area contributed by atoms with E-state index >= 15 is 0 Å². The van der Waals surface area contributed by atoms with Crippen molar-refractivity contribution in [1.29, 1.82) is 0 Å². The van der Waals surface area contributed by atoms with E-state index in [4.69, 9.17) is 0 Å². The van der Waals surface area contributed by atoms with Crippen LogP contribution < -0.4 is 10.2 Å². The van der Waals surface area contributed by atoms with Crippen molar-refractivity contribution in [2.75, 3.05) is 10.2 Å². The predicted molar refractivity (Wildman–Crippen MR) is 154 cm³/mol. The summed E-state index contributed by atoms with van der Waals surface area (Å²) in [5, 5.41) is 5.94. The van der Waals surface area contributed by atoms with Crippen LogP contribution in [0.1, 0.15) is 33.9 Å². The summed E-state index contributed by atoms with van der Waals surface area (Å²) in [4.78, 5) is 15.9. The second kappa shape index (κ2) is 9.25. The van der Waals surface area contributed by atoms with Crippen LogP contribution in [0.2, 0.25) is 0 Å². The van der Waals surface area contributed by atoms with Gasteiger partial charge in [-0.3, -0.25) is 4.79 Å². The SMILES string of the molecule is Cc1ccc(-c2cccc3cccc(NC4C(=O)N(Cc5c(C)cccc5C)c5ccccc54)c23)cc1. The Kier molecular flexibility index (Phi) is 5.77. The first-order valence-electron chi connectivity index (χ1n) is 12.8. The molecule has 0 radical (unpaired) electrons. The summed E-state index contributed by atoms with van der Waals surface area (Å²) in [5.41, 5.74) is 10.1. The molecule has 1 atom stereocenters. The number of para-hydroxylation sites is 1. The van der Waals surface area contributed by atoms with Gasteiger partial charge in [-0.15, -0.1) is 0 Å². The molecule has 5 aromatic carbocycles. The van der Waals surface area contributed by atoms with Gasteiger partial charge in [-0.1, -0.05) is 96.6 Å². The normalized spacial score (nSPS) is 14.7. The highest BCUT2D eigenvalue weighted by Crippen LogP contribution is 2.41. The molecule has 1 amide bonds. The van der Waals surface area contributed by atoms with Gasteiger partial charge in [0, 0.05) is 22.3 Å². The first-order valence-corrected chi connectivity index (χ1v) is 12.8. The largest absolute Gasteiger partial charge is 0.369 e. The average Bonchev–Trinajstić information content (AvgIpc) is 3.17. The number of anilines is 2. The molecule has 182 valence electrons. The van der Waals surface area contributed by atoms with Crippen molar-refractivity contribution in [3.63, 3.8) is 0 Å². The van der Waals surface area contributed by atoms with Crippen molar-refractivity contribution in [2.24, 2.45) is 0 Å². The Balaban J connectivity index is 1.42. The lowest BCUT2D eigenvalue weighted by molar-refractivity contribution is -0.118. The molecular formula is C34H30N2O. The highest BCUT2D eigenvalue weighted by atomic mass is 16.2. The third-order valence-corrected chi connectivity index (χ3v) is 7.58. The average molecular weight is 483 g/mol. The van der Waals surface area contributed by atoms with Crippen molar-refractivity contribution in [1.82, 2.24) is 0 Å². The summed E-state index contributed by atoms with van der Waals surface area (Å²) in [7, 11) is 0. The molecule has 0 fully saturated rings. The second-order valence-corrected chi connectivity index (χ2v) is 10.0. The molecule has 1 N–H and O–H groups in total. The lowest BCUT2D eigenvalue weighted by atomic mass is 9.96. The molecule has 1 aliphatic rings. The fourth-order valence-electron chi connectivity index (χ4n) is 5.53. The minimum Gasteiger partial charge on any atom is -0.369 e. The fourth-order valence-corrected chi connectivity index (χ4v) is 5.53. The summed E-state index contributed by atoms with van der Waals surface area (Å²) in [6, 6.07) is 35.3. The summed E-state index contributed by atoms with van der Waals surface area (Å²) in [5.74, 6) is 0.0775. The maximum Gasteiger partial charge on any atom is 0.254 e. The molecule has 6 rings (SSSR count). The molecule has 0 bridgehead atoms. The zero-order valence-electron chi connectivity index (χ0n) is 21.5. The molecule has 0 saturated heterocycles. The van der Waals surface area contributed by atoms with E-state index in [0.717, 1.165) is 33.3 Å². The molecule has 0 spiro atoms. The number of hydrogen-bond donors (Lipinski definition) is 1. The minimum atomic E-state index is -0.447. The van der Waals surface area contributed by atoms with Gasteiger partial charge in [0.15, 0.2) is 0 Å². The zero-order valence-corrected chi connectivity index (χ0v) is 21.5. The number of carbonyl (C=O) groups excluding carboxylic acids is 1. The van der Waals surface area contributed by atoms with Gasteiger partial charge < -0.3 is 10.2 Å². The topological polar surface area (TPSA) is 32.3 Å². The first kappa shape index (κ1) is 23.1. The van der Waals surface area contributed by atoms with Crippen molar-refractivity contribution in [3.8, 4) is 11.1 Å². The zero-order chi connectivity index (χ0) is 25.5. The number of fused-ring (bicyclic) bond motifs is 2. The van der Waals surface area contributed by atoms with Crippen molar-refractivity contribution < 1.29 is 4.79 Å². The van der Waals surface area contributed by atoms with Crippen molar-refractivity contribution in [2.45, 2.75) is 33.4 Å². The van der Waals surface area contributed by atoms with E-state index in [0.29, 0.717) is 6.54 Å². The number of aryl methyl sites for hydroxylation is 3. The molecule has 1 unspecified atom stereocenters. The van der Waals surface area contributed by atoms with Crippen LogP contribution >= 0.6 is 0 Å². The van der Waals surface area contributed by atoms with Gasteiger partial charge in [0.05, 0.1) is 6.54 Å².